The SMILES string of the molecule is CCOCCN(C)Cc1ccc(O)c(N)c1. The second-order valence-corrected chi connectivity index (χ2v) is 3.83. The molecule has 0 amide bonds. The van der Waals surface area contributed by atoms with Crippen LogP contribution in [0.15, 0.2) is 18.2 Å². The number of anilines is 1. The van der Waals surface area contributed by atoms with Crippen LogP contribution in [0.1, 0.15) is 12.5 Å². The van der Waals surface area contributed by atoms with Crippen molar-refractivity contribution in [3.05, 3.63) is 23.8 Å². The minimum Gasteiger partial charge on any atom is -0.506 e. The summed E-state index contributed by atoms with van der Waals surface area (Å²) in [4.78, 5) is 2.15. The van der Waals surface area contributed by atoms with Crippen molar-refractivity contribution in [1.82, 2.24) is 4.90 Å². The molecule has 0 radical (unpaired) electrons. The minimum absolute atomic E-state index is 0.140. The largest absolute Gasteiger partial charge is 0.506 e. The number of benzene rings is 1. The molecule has 3 N–H and O–H groups in total. The van der Waals surface area contributed by atoms with Gasteiger partial charge in [-0.1, -0.05) is 6.07 Å². The summed E-state index contributed by atoms with van der Waals surface area (Å²) in [6, 6.07) is 5.30. The van der Waals surface area contributed by atoms with Crippen molar-refractivity contribution < 1.29 is 9.84 Å². The molecule has 0 bridgehead atoms. The van der Waals surface area contributed by atoms with Crippen LogP contribution in [-0.4, -0.2) is 36.8 Å². The van der Waals surface area contributed by atoms with E-state index < -0.39 is 0 Å². The number of hydrogen-bond acceptors (Lipinski definition) is 4. The zero-order valence-corrected chi connectivity index (χ0v) is 9.94. The molecule has 0 aromatic heterocycles. The van der Waals surface area contributed by atoms with Crippen LogP contribution < -0.4 is 5.73 Å². The van der Waals surface area contributed by atoms with Crippen LogP contribution in [0, 0.1) is 0 Å². The molecule has 1 aromatic rings. The number of nitrogen functional groups attached to an aromatic ring is 1. The number of hydrogen-bond donors (Lipinski definition) is 2. The summed E-state index contributed by atoms with van der Waals surface area (Å²) in [6.07, 6.45) is 0. The molecule has 0 unspecified atom stereocenters. The zero-order valence-electron chi connectivity index (χ0n) is 9.94. The highest BCUT2D eigenvalue weighted by atomic mass is 16.5. The first-order valence-electron chi connectivity index (χ1n) is 5.47. The number of likely N-dealkylation sites (N-methyl/N-ethyl adjacent to an activating group) is 1. The highest BCUT2D eigenvalue weighted by Crippen LogP contribution is 2.20. The molecule has 0 aliphatic rings. The Labute approximate surface area is 96.6 Å². The molecule has 4 heteroatoms. The van der Waals surface area contributed by atoms with Crippen molar-refractivity contribution in [3.63, 3.8) is 0 Å². The highest BCUT2D eigenvalue weighted by Gasteiger charge is 2.02. The fourth-order valence-corrected chi connectivity index (χ4v) is 1.46. The van der Waals surface area contributed by atoms with Crippen LogP contribution >= 0.6 is 0 Å². The predicted molar refractivity (Wildman–Crippen MR) is 65.3 cm³/mol. The molecule has 0 atom stereocenters. The molecule has 0 heterocycles. The third kappa shape index (κ3) is 4.08. The van der Waals surface area contributed by atoms with Crippen LogP contribution in [0.5, 0.6) is 5.75 Å². The van der Waals surface area contributed by atoms with Crippen molar-refractivity contribution in [2.75, 3.05) is 32.5 Å². The highest BCUT2D eigenvalue weighted by molar-refractivity contribution is 5.53. The zero-order chi connectivity index (χ0) is 12.0. The molecule has 1 rings (SSSR count). The van der Waals surface area contributed by atoms with E-state index >= 15 is 0 Å². The van der Waals surface area contributed by atoms with Crippen molar-refractivity contribution in [2.24, 2.45) is 0 Å². The molecule has 0 fully saturated rings. The fraction of sp³-hybridized carbons (Fsp3) is 0.500. The average molecular weight is 224 g/mol. The second kappa shape index (κ2) is 6.35. The quantitative estimate of drug-likeness (QED) is 0.436. The monoisotopic (exact) mass is 224 g/mol. The van der Waals surface area contributed by atoms with Crippen LogP contribution in [-0.2, 0) is 11.3 Å². The number of rotatable bonds is 6. The fourth-order valence-electron chi connectivity index (χ4n) is 1.46. The Morgan fingerprint density at radius 2 is 2.19 bits per heavy atom. The van der Waals surface area contributed by atoms with E-state index in [0.29, 0.717) is 5.69 Å². The van der Waals surface area contributed by atoms with Gasteiger partial charge in [0.05, 0.1) is 12.3 Å². The lowest BCUT2D eigenvalue weighted by Gasteiger charge is -2.16. The number of nitrogens with zero attached hydrogens (tertiary/aromatic N) is 1. The number of ether oxygens (including phenoxy) is 1. The first kappa shape index (κ1) is 12.8. The normalized spacial score (nSPS) is 10.9. The van der Waals surface area contributed by atoms with Gasteiger partial charge >= 0.3 is 0 Å². The predicted octanol–water partition coefficient (Wildman–Crippen LogP) is 1.44. The Bertz CT molecular complexity index is 329. The summed E-state index contributed by atoms with van der Waals surface area (Å²) in [7, 11) is 2.03. The van der Waals surface area contributed by atoms with Crippen molar-refractivity contribution in [1.29, 1.82) is 0 Å². The smallest absolute Gasteiger partial charge is 0.138 e. The summed E-state index contributed by atoms with van der Waals surface area (Å²) < 4.78 is 5.28. The maximum absolute atomic E-state index is 9.29. The van der Waals surface area contributed by atoms with Gasteiger partial charge in [0.15, 0.2) is 0 Å². The molecule has 4 nitrogen and oxygen atoms in total. The van der Waals surface area contributed by atoms with Gasteiger partial charge in [-0.05, 0) is 31.7 Å². The van der Waals surface area contributed by atoms with E-state index in [2.05, 4.69) is 4.90 Å². The average Bonchev–Trinajstić information content (AvgIpc) is 2.24. The maximum atomic E-state index is 9.29. The van der Waals surface area contributed by atoms with Gasteiger partial charge in [-0.15, -0.1) is 0 Å². The van der Waals surface area contributed by atoms with E-state index in [1.54, 1.807) is 12.1 Å². The first-order chi connectivity index (χ1) is 7.63. The Morgan fingerprint density at radius 1 is 1.44 bits per heavy atom. The van der Waals surface area contributed by atoms with E-state index in [0.717, 1.165) is 31.9 Å². The summed E-state index contributed by atoms with van der Waals surface area (Å²) in [5, 5.41) is 9.29. The molecule has 0 spiro atoms. The second-order valence-electron chi connectivity index (χ2n) is 3.83. The van der Waals surface area contributed by atoms with Crippen molar-refractivity contribution in [3.8, 4) is 5.75 Å². The van der Waals surface area contributed by atoms with Crippen molar-refractivity contribution in [2.45, 2.75) is 13.5 Å². The lowest BCUT2D eigenvalue weighted by Crippen LogP contribution is -2.22. The summed E-state index contributed by atoms with van der Waals surface area (Å²) >= 11 is 0. The number of phenolic OH excluding ortho intramolecular Hbond substituents is 1. The van der Waals surface area contributed by atoms with Gasteiger partial charge in [0, 0.05) is 19.7 Å². The van der Waals surface area contributed by atoms with Gasteiger partial charge in [0.25, 0.3) is 0 Å². The summed E-state index contributed by atoms with van der Waals surface area (Å²) in [6.45, 7) is 5.16. The lowest BCUT2D eigenvalue weighted by atomic mass is 10.2. The standard InChI is InChI=1S/C12H20N2O2/c1-3-16-7-6-14(2)9-10-4-5-12(15)11(13)8-10/h4-5,8,15H,3,6-7,9,13H2,1-2H3. The number of aromatic hydroxyl groups is 1. The summed E-state index contributed by atoms with van der Waals surface area (Å²) in [5.41, 5.74) is 7.14. The molecule has 0 saturated carbocycles. The van der Waals surface area contributed by atoms with Gasteiger partial charge < -0.3 is 15.6 Å². The summed E-state index contributed by atoms with van der Waals surface area (Å²) in [5.74, 6) is 0.140. The van der Waals surface area contributed by atoms with Gasteiger partial charge in [-0.3, -0.25) is 4.90 Å². The van der Waals surface area contributed by atoms with Crippen LogP contribution in [0.2, 0.25) is 0 Å². The third-order valence-electron chi connectivity index (χ3n) is 2.37. The molecular weight excluding hydrogens is 204 g/mol. The topological polar surface area (TPSA) is 58.7 Å². The van der Waals surface area contributed by atoms with Crippen LogP contribution in [0.4, 0.5) is 5.69 Å². The Hall–Kier alpha value is -1.26. The Morgan fingerprint density at radius 3 is 2.81 bits per heavy atom. The third-order valence-corrected chi connectivity index (χ3v) is 2.37. The Balaban J connectivity index is 2.43. The molecule has 0 saturated heterocycles. The van der Waals surface area contributed by atoms with E-state index in [-0.39, 0.29) is 5.75 Å². The molecule has 0 aliphatic heterocycles. The van der Waals surface area contributed by atoms with E-state index in [4.69, 9.17) is 10.5 Å². The van der Waals surface area contributed by atoms with E-state index in [1.807, 2.05) is 20.0 Å². The van der Waals surface area contributed by atoms with Gasteiger partial charge in [0.1, 0.15) is 5.75 Å². The Kier molecular flexibility index (Phi) is 5.08. The molecule has 0 aliphatic carbocycles. The van der Waals surface area contributed by atoms with Crippen molar-refractivity contribution >= 4 is 5.69 Å². The van der Waals surface area contributed by atoms with Crippen LogP contribution in [0.3, 0.4) is 0 Å². The first-order valence-corrected chi connectivity index (χ1v) is 5.47. The van der Waals surface area contributed by atoms with Gasteiger partial charge in [-0.2, -0.15) is 0 Å². The van der Waals surface area contributed by atoms with Gasteiger partial charge in [0.2, 0.25) is 0 Å². The molecule has 1 aromatic carbocycles. The van der Waals surface area contributed by atoms with Crippen LogP contribution in [0.25, 0.3) is 0 Å². The molecule has 90 valence electrons. The van der Waals surface area contributed by atoms with E-state index in [9.17, 15) is 5.11 Å². The molecule has 16 heavy (non-hydrogen) atoms. The number of phenols is 1. The lowest BCUT2D eigenvalue weighted by molar-refractivity contribution is 0.120. The molecular formula is C12H20N2O2. The maximum Gasteiger partial charge on any atom is 0.138 e. The number of nitrogens with two attached hydrogens (primary N) is 1. The minimum atomic E-state index is 0.140. The van der Waals surface area contributed by atoms with E-state index in [1.165, 1.54) is 0 Å². The van der Waals surface area contributed by atoms with Gasteiger partial charge in [-0.25, -0.2) is 0 Å².